The second kappa shape index (κ2) is 6.00. The molecule has 0 radical (unpaired) electrons. The first kappa shape index (κ1) is 12.3. The third-order valence-electron chi connectivity index (χ3n) is 2.92. The largest absolute Gasteiger partial charge is 0.300 e. The van der Waals surface area contributed by atoms with Gasteiger partial charge in [-0.2, -0.15) is 0 Å². The highest BCUT2D eigenvalue weighted by molar-refractivity contribution is 5.62. The normalized spacial score (nSPS) is 11.8. The molecule has 2 aromatic rings. The molecule has 2 nitrogen and oxygen atoms in total. The average molecular weight is 236 g/mol. The van der Waals surface area contributed by atoms with Gasteiger partial charge < -0.3 is 0 Å². The number of pyridine rings is 1. The van der Waals surface area contributed by atoms with Crippen LogP contribution in [0.2, 0.25) is 0 Å². The van der Waals surface area contributed by atoms with E-state index in [1.807, 2.05) is 12.3 Å². The van der Waals surface area contributed by atoms with Crippen LogP contribution in [0.15, 0.2) is 48.8 Å². The van der Waals surface area contributed by atoms with E-state index in [1.54, 1.807) is 6.20 Å². The van der Waals surface area contributed by atoms with E-state index in [4.69, 9.17) is 6.42 Å². The van der Waals surface area contributed by atoms with Gasteiger partial charge in [-0.25, -0.2) is 0 Å². The summed E-state index contributed by atoms with van der Waals surface area (Å²) in [5.41, 5.74) is 3.54. The summed E-state index contributed by atoms with van der Waals surface area (Å²) in [5, 5.41) is 3.26. The number of nitrogens with zero attached hydrogens (tertiary/aromatic N) is 1. The third kappa shape index (κ3) is 2.97. The summed E-state index contributed by atoms with van der Waals surface area (Å²) in [5.74, 6) is 2.59. The molecule has 1 aromatic heterocycles. The van der Waals surface area contributed by atoms with E-state index in [-0.39, 0.29) is 6.04 Å². The number of nitrogens with one attached hydrogen (secondary N) is 1. The van der Waals surface area contributed by atoms with Crippen LogP contribution in [0.3, 0.4) is 0 Å². The van der Waals surface area contributed by atoms with Gasteiger partial charge in [0.25, 0.3) is 0 Å². The molecule has 2 heteroatoms. The predicted molar refractivity (Wildman–Crippen MR) is 74.9 cm³/mol. The minimum absolute atomic E-state index is 0.268. The molecule has 0 saturated carbocycles. The minimum atomic E-state index is 0.268. The van der Waals surface area contributed by atoms with E-state index in [1.165, 1.54) is 11.1 Å². The Morgan fingerprint density at radius 1 is 1.22 bits per heavy atom. The monoisotopic (exact) mass is 236 g/mol. The maximum atomic E-state index is 5.24. The van der Waals surface area contributed by atoms with E-state index in [2.05, 4.69) is 53.5 Å². The lowest BCUT2D eigenvalue weighted by Crippen LogP contribution is -2.18. The molecular formula is C16H16N2. The molecule has 2 rings (SSSR count). The fraction of sp³-hybridized carbons (Fsp3) is 0.188. The Balaban J connectivity index is 2.13. The molecule has 0 amide bonds. The summed E-state index contributed by atoms with van der Waals surface area (Å²) in [6, 6.07) is 12.7. The zero-order chi connectivity index (χ0) is 12.8. The summed E-state index contributed by atoms with van der Waals surface area (Å²) < 4.78 is 0. The number of hydrogen-bond donors (Lipinski definition) is 1. The first-order valence-corrected chi connectivity index (χ1v) is 5.98. The van der Waals surface area contributed by atoms with E-state index in [9.17, 15) is 0 Å². The van der Waals surface area contributed by atoms with E-state index in [0.29, 0.717) is 6.54 Å². The van der Waals surface area contributed by atoms with Crippen molar-refractivity contribution < 1.29 is 0 Å². The molecule has 1 N–H and O–H groups in total. The van der Waals surface area contributed by atoms with Crippen LogP contribution in [-0.2, 0) is 0 Å². The third-order valence-corrected chi connectivity index (χ3v) is 2.92. The first-order valence-electron chi connectivity index (χ1n) is 5.98. The van der Waals surface area contributed by atoms with Crippen molar-refractivity contribution in [1.29, 1.82) is 0 Å². The highest BCUT2D eigenvalue weighted by Gasteiger charge is 2.04. The molecule has 1 heterocycles. The van der Waals surface area contributed by atoms with Crippen LogP contribution in [0.4, 0.5) is 0 Å². The van der Waals surface area contributed by atoms with Crippen molar-refractivity contribution in [2.45, 2.75) is 13.0 Å². The first-order chi connectivity index (χ1) is 8.81. The topological polar surface area (TPSA) is 24.9 Å². The summed E-state index contributed by atoms with van der Waals surface area (Å²) in [6.07, 6.45) is 8.89. The highest BCUT2D eigenvalue weighted by Crippen LogP contribution is 2.20. The van der Waals surface area contributed by atoms with Gasteiger partial charge in [0.1, 0.15) is 0 Å². The Bertz CT molecular complexity index is 523. The molecule has 0 spiro atoms. The molecule has 18 heavy (non-hydrogen) atoms. The highest BCUT2D eigenvalue weighted by atomic mass is 14.9. The molecule has 0 aliphatic carbocycles. The summed E-state index contributed by atoms with van der Waals surface area (Å²) in [6.45, 7) is 2.70. The molecule has 0 unspecified atom stereocenters. The van der Waals surface area contributed by atoms with Crippen molar-refractivity contribution in [1.82, 2.24) is 10.3 Å². The van der Waals surface area contributed by atoms with Crippen molar-refractivity contribution >= 4 is 0 Å². The lowest BCUT2D eigenvalue weighted by molar-refractivity contribution is 0.623. The Morgan fingerprint density at radius 2 is 2.00 bits per heavy atom. The van der Waals surface area contributed by atoms with Gasteiger partial charge >= 0.3 is 0 Å². The average Bonchev–Trinajstić information content (AvgIpc) is 2.46. The van der Waals surface area contributed by atoms with Crippen LogP contribution < -0.4 is 5.32 Å². The number of rotatable bonds is 4. The Labute approximate surface area is 108 Å². The van der Waals surface area contributed by atoms with Gasteiger partial charge in [0.05, 0.1) is 6.54 Å². The van der Waals surface area contributed by atoms with Gasteiger partial charge in [-0.3, -0.25) is 10.3 Å². The summed E-state index contributed by atoms with van der Waals surface area (Å²) in [7, 11) is 0. The minimum Gasteiger partial charge on any atom is -0.300 e. The Hall–Kier alpha value is -2.11. The van der Waals surface area contributed by atoms with Crippen molar-refractivity contribution in [3.63, 3.8) is 0 Å². The Kier molecular flexibility index (Phi) is 4.11. The van der Waals surface area contributed by atoms with Crippen molar-refractivity contribution in [2.75, 3.05) is 6.54 Å². The van der Waals surface area contributed by atoms with Crippen LogP contribution in [0, 0.1) is 12.3 Å². The van der Waals surface area contributed by atoms with E-state index < -0.39 is 0 Å². The zero-order valence-electron chi connectivity index (χ0n) is 10.4. The van der Waals surface area contributed by atoms with Gasteiger partial charge in [0, 0.05) is 18.4 Å². The second-order valence-corrected chi connectivity index (χ2v) is 4.17. The molecule has 1 aromatic carbocycles. The van der Waals surface area contributed by atoms with Gasteiger partial charge in [0.15, 0.2) is 0 Å². The quantitative estimate of drug-likeness (QED) is 0.825. The summed E-state index contributed by atoms with van der Waals surface area (Å²) in [4.78, 5) is 4.12. The predicted octanol–water partition coefficient (Wildman–Crippen LogP) is 3.03. The molecule has 0 fully saturated rings. The maximum Gasteiger partial charge on any atom is 0.0578 e. The van der Waals surface area contributed by atoms with Crippen molar-refractivity contribution in [2.24, 2.45) is 0 Å². The molecule has 1 atom stereocenters. The molecule has 90 valence electrons. The van der Waals surface area contributed by atoms with Crippen LogP contribution in [-0.4, -0.2) is 11.5 Å². The van der Waals surface area contributed by atoms with Crippen LogP contribution in [0.1, 0.15) is 18.5 Å². The van der Waals surface area contributed by atoms with Crippen molar-refractivity contribution in [3.8, 4) is 23.5 Å². The van der Waals surface area contributed by atoms with Gasteiger partial charge in [-0.05, 0) is 29.7 Å². The van der Waals surface area contributed by atoms with Crippen LogP contribution in [0.25, 0.3) is 11.1 Å². The van der Waals surface area contributed by atoms with E-state index in [0.717, 1.165) is 5.56 Å². The number of benzene rings is 1. The summed E-state index contributed by atoms with van der Waals surface area (Å²) >= 11 is 0. The number of aromatic nitrogens is 1. The maximum absolute atomic E-state index is 5.24. The molecule has 0 bridgehead atoms. The lowest BCUT2D eigenvalue weighted by atomic mass is 10.0. The van der Waals surface area contributed by atoms with Gasteiger partial charge in [-0.15, -0.1) is 6.42 Å². The van der Waals surface area contributed by atoms with Crippen LogP contribution >= 0.6 is 0 Å². The van der Waals surface area contributed by atoms with Crippen molar-refractivity contribution in [3.05, 3.63) is 54.4 Å². The Morgan fingerprint density at radius 3 is 2.61 bits per heavy atom. The molecule has 0 aliphatic rings. The van der Waals surface area contributed by atoms with E-state index >= 15 is 0 Å². The fourth-order valence-electron chi connectivity index (χ4n) is 1.83. The fourth-order valence-corrected chi connectivity index (χ4v) is 1.83. The second-order valence-electron chi connectivity index (χ2n) is 4.17. The van der Waals surface area contributed by atoms with Crippen LogP contribution in [0.5, 0.6) is 0 Å². The standard InChI is InChI=1S/C16H16N2/c1-3-10-18-13(2)14-6-8-15(9-7-14)16-5-4-11-17-12-16/h1,4-9,11-13,18H,10H2,2H3/t13-/m1/s1. The van der Waals surface area contributed by atoms with Gasteiger partial charge in [0.2, 0.25) is 0 Å². The number of hydrogen-bond acceptors (Lipinski definition) is 2. The lowest BCUT2D eigenvalue weighted by Gasteiger charge is -2.12. The molecular weight excluding hydrogens is 220 g/mol. The number of terminal acetylenes is 1. The smallest absolute Gasteiger partial charge is 0.0578 e. The van der Waals surface area contributed by atoms with Gasteiger partial charge in [-0.1, -0.05) is 36.3 Å². The SMILES string of the molecule is C#CCN[C@H](C)c1ccc(-c2cccnc2)cc1. The molecule has 0 aliphatic heterocycles. The molecule has 0 saturated heterocycles. The zero-order valence-corrected chi connectivity index (χ0v) is 10.4.